The molecule has 0 amide bonds. The molecule has 1 aromatic heterocycles. The van der Waals surface area contributed by atoms with Crippen LogP contribution in [0.25, 0.3) is 0 Å². The molecule has 1 fully saturated rings. The van der Waals surface area contributed by atoms with Crippen molar-refractivity contribution in [1.82, 2.24) is 4.98 Å². The molecule has 1 saturated carbocycles. The maximum Gasteiger partial charge on any atom is 0.171 e. The molecule has 0 aliphatic heterocycles. The van der Waals surface area contributed by atoms with Gasteiger partial charge in [0.05, 0.1) is 0 Å². The third-order valence-corrected chi connectivity index (χ3v) is 3.80. The average Bonchev–Trinajstić information content (AvgIpc) is 2.49. The molecule has 104 valence electrons. The molecule has 0 spiro atoms. The lowest BCUT2D eigenvalue weighted by Gasteiger charge is -2.34. The van der Waals surface area contributed by atoms with Gasteiger partial charge in [-0.2, -0.15) is 0 Å². The number of anilines is 1. The zero-order chi connectivity index (χ0) is 13.7. The van der Waals surface area contributed by atoms with E-state index in [1.165, 1.54) is 32.1 Å². The molecule has 3 N–H and O–H groups in total. The Balaban J connectivity index is 2.14. The van der Waals surface area contributed by atoms with Gasteiger partial charge in [-0.15, -0.1) is 0 Å². The smallest absolute Gasteiger partial charge is 0.171 e. The van der Waals surface area contributed by atoms with Gasteiger partial charge in [0, 0.05) is 24.3 Å². The summed E-state index contributed by atoms with van der Waals surface area (Å²) in [6, 6.07) is 4.40. The van der Waals surface area contributed by atoms with Gasteiger partial charge in [-0.1, -0.05) is 24.4 Å². The van der Waals surface area contributed by atoms with Crippen LogP contribution in [0.3, 0.4) is 0 Å². The van der Waals surface area contributed by atoms with E-state index in [0.717, 1.165) is 12.4 Å². The van der Waals surface area contributed by atoms with Crippen molar-refractivity contribution >= 4 is 11.7 Å². The molecule has 2 rings (SSSR count). The number of nitrogens with zero attached hydrogens (tertiary/aromatic N) is 3. The molecular weight excluding hydrogens is 240 g/mol. The van der Waals surface area contributed by atoms with E-state index in [4.69, 9.17) is 10.9 Å². The van der Waals surface area contributed by atoms with Crippen LogP contribution in [0.2, 0.25) is 0 Å². The summed E-state index contributed by atoms with van der Waals surface area (Å²) in [5, 5.41) is 11.6. The number of oxime groups is 1. The summed E-state index contributed by atoms with van der Waals surface area (Å²) in [5.41, 5.74) is 6.19. The van der Waals surface area contributed by atoms with Crippen molar-refractivity contribution in [2.45, 2.75) is 45.1 Å². The van der Waals surface area contributed by atoms with Gasteiger partial charge in [0.1, 0.15) is 5.82 Å². The fraction of sp³-hybridized carbons (Fsp3) is 0.571. The van der Waals surface area contributed by atoms with Crippen molar-refractivity contribution in [3.05, 3.63) is 23.9 Å². The highest BCUT2D eigenvalue weighted by molar-refractivity contribution is 5.96. The van der Waals surface area contributed by atoms with Crippen LogP contribution in [-0.2, 0) is 0 Å². The molecule has 5 heteroatoms. The molecule has 5 nitrogen and oxygen atoms in total. The highest BCUT2D eigenvalue weighted by Gasteiger charge is 2.20. The first-order valence-corrected chi connectivity index (χ1v) is 6.97. The Bertz CT molecular complexity index is 424. The molecule has 19 heavy (non-hydrogen) atoms. The lowest BCUT2D eigenvalue weighted by Crippen LogP contribution is -2.37. The standard InChI is InChI=1S/C14H22N4O/c1-2-18(12-6-4-3-5-7-12)13-9-8-11(10-16-13)14(15)17-19/h8-10,12,19H,2-7H2,1H3,(H2,15,17). The second-order valence-electron chi connectivity index (χ2n) is 4.97. The topological polar surface area (TPSA) is 74.7 Å². The molecule has 0 aromatic carbocycles. The minimum absolute atomic E-state index is 0.0970. The van der Waals surface area contributed by atoms with Crippen LogP contribution in [0.15, 0.2) is 23.5 Å². The molecule has 1 aromatic rings. The van der Waals surface area contributed by atoms with Crippen LogP contribution < -0.4 is 10.6 Å². The maximum atomic E-state index is 8.64. The predicted octanol–water partition coefficient (Wildman–Crippen LogP) is 2.34. The van der Waals surface area contributed by atoms with Gasteiger partial charge in [-0.05, 0) is 31.9 Å². The summed E-state index contributed by atoms with van der Waals surface area (Å²) in [4.78, 5) is 6.80. The highest BCUT2D eigenvalue weighted by atomic mass is 16.4. The Hall–Kier alpha value is -1.78. The molecule has 1 aliphatic rings. The number of nitrogens with two attached hydrogens (primary N) is 1. The largest absolute Gasteiger partial charge is 0.409 e. The van der Waals surface area contributed by atoms with E-state index in [1.807, 2.05) is 12.1 Å². The van der Waals surface area contributed by atoms with Gasteiger partial charge < -0.3 is 15.8 Å². The molecule has 0 atom stereocenters. The first-order chi connectivity index (χ1) is 9.26. The van der Waals surface area contributed by atoms with Crippen molar-refractivity contribution in [2.75, 3.05) is 11.4 Å². The van der Waals surface area contributed by atoms with Crippen LogP contribution in [0.4, 0.5) is 5.82 Å². The Morgan fingerprint density at radius 3 is 2.68 bits per heavy atom. The molecule has 0 radical (unpaired) electrons. The molecular formula is C14H22N4O. The molecule has 0 saturated heterocycles. The number of amidine groups is 1. The number of pyridine rings is 1. The monoisotopic (exact) mass is 262 g/mol. The van der Waals surface area contributed by atoms with E-state index >= 15 is 0 Å². The summed E-state index contributed by atoms with van der Waals surface area (Å²) >= 11 is 0. The third kappa shape index (κ3) is 3.16. The molecule has 0 unspecified atom stereocenters. The predicted molar refractivity (Wildman–Crippen MR) is 76.6 cm³/mol. The SMILES string of the molecule is CCN(c1ccc(/C(N)=N/O)cn1)C1CCCCC1. The van der Waals surface area contributed by atoms with E-state index in [9.17, 15) is 0 Å². The van der Waals surface area contributed by atoms with Crippen molar-refractivity contribution in [1.29, 1.82) is 0 Å². The van der Waals surface area contributed by atoms with Crippen LogP contribution in [0.1, 0.15) is 44.6 Å². The molecule has 1 aliphatic carbocycles. The number of hydrogen-bond acceptors (Lipinski definition) is 4. The summed E-state index contributed by atoms with van der Waals surface area (Å²) < 4.78 is 0. The summed E-state index contributed by atoms with van der Waals surface area (Å²) in [6.07, 6.45) is 8.13. The van der Waals surface area contributed by atoms with Crippen molar-refractivity contribution in [2.24, 2.45) is 10.9 Å². The van der Waals surface area contributed by atoms with Crippen LogP contribution in [0, 0.1) is 0 Å². The second kappa shape index (κ2) is 6.41. The minimum Gasteiger partial charge on any atom is -0.409 e. The van der Waals surface area contributed by atoms with Gasteiger partial charge in [0.25, 0.3) is 0 Å². The van der Waals surface area contributed by atoms with Gasteiger partial charge in [-0.25, -0.2) is 4.98 Å². The first kappa shape index (κ1) is 13.6. The van der Waals surface area contributed by atoms with E-state index in [2.05, 4.69) is 22.0 Å². The van der Waals surface area contributed by atoms with Crippen molar-refractivity contribution in [3.8, 4) is 0 Å². The number of hydrogen-bond donors (Lipinski definition) is 2. The third-order valence-electron chi connectivity index (χ3n) is 3.80. The second-order valence-corrected chi connectivity index (χ2v) is 4.97. The average molecular weight is 262 g/mol. The Labute approximate surface area is 114 Å². The van der Waals surface area contributed by atoms with E-state index < -0.39 is 0 Å². The van der Waals surface area contributed by atoms with Crippen LogP contribution >= 0.6 is 0 Å². The zero-order valence-electron chi connectivity index (χ0n) is 11.4. The van der Waals surface area contributed by atoms with E-state index in [-0.39, 0.29) is 5.84 Å². The zero-order valence-corrected chi connectivity index (χ0v) is 11.4. The van der Waals surface area contributed by atoms with Crippen LogP contribution in [0.5, 0.6) is 0 Å². The summed E-state index contributed by atoms with van der Waals surface area (Å²) in [5.74, 6) is 1.07. The van der Waals surface area contributed by atoms with Gasteiger partial charge >= 0.3 is 0 Å². The number of rotatable bonds is 4. The van der Waals surface area contributed by atoms with Crippen molar-refractivity contribution < 1.29 is 5.21 Å². The van der Waals surface area contributed by atoms with Crippen LogP contribution in [-0.4, -0.2) is 28.6 Å². The Kier molecular flexibility index (Phi) is 4.60. The van der Waals surface area contributed by atoms with Gasteiger partial charge in [0.2, 0.25) is 0 Å². The molecule has 1 heterocycles. The lowest BCUT2D eigenvalue weighted by molar-refractivity contribution is 0.318. The lowest BCUT2D eigenvalue weighted by atomic mass is 9.94. The number of aromatic nitrogens is 1. The fourth-order valence-corrected chi connectivity index (χ4v) is 2.77. The Morgan fingerprint density at radius 1 is 1.42 bits per heavy atom. The maximum absolute atomic E-state index is 8.64. The van der Waals surface area contributed by atoms with Gasteiger partial charge in [-0.3, -0.25) is 0 Å². The highest BCUT2D eigenvalue weighted by Crippen LogP contribution is 2.26. The van der Waals surface area contributed by atoms with Crippen molar-refractivity contribution in [3.63, 3.8) is 0 Å². The summed E-state index contributed by atoms with van der Waals surface area (Å²) in [6.45, 7) is 3.12. The summed E-state index contributed by atoms with van der Waals surface area (Å²) in [7, 11) is 0. The minimum atomic E-state index is 0.0970. The van der Waals surface area contributed by atoms with Gasteiger partial charge in [0.15, 0.2) is 5.84 Å². The first-order valence-electron chi connectivity index (χ1n) is 6.97. The molecule has 0 bridgehead atoms. The van der Waals surface area contributed by atoms with E-state index in [1.54, 1.807) is 6.20 Å². The van der Waals surface area contributed by atoms with E-state index in [0.29, 0.717) is 11.6 Å². The normalized spacial score (nSPS) is 17.4. The quantitative estimate of drug-likeness (QED) is 0.378. The fourth-order valence-electron chi connectivity index (χ4n) is 2.77. The Morgan fingerprint density at radius 2 is 2.16 bits per heavy atom.